The van der Waals surface area contributed by atoms with Crippen LogP contribution in [-0.2, 0) is 0 Å². The third-order valence-corrected chi connectivity index (χ3v) is 6.53. The van der Waals surface area contributed by atoms with Crippen LogP contribution in [0.1, 0.15) is 11.4 Å². The lowest BCUT2D eigenvalue weighted by Crippen LogP contribution is -1.96. The lowest BCUT2D eigenvalue weighted by Gasteiger charge is -2.20. The molecule has 0 saturated carbocycles. The van der Waals surface area contributed by atoms with E-state index in [0.717, 1.165) is 66.6 Å². The highest BCUT2D eigenvalue weighted by Crippen LogP contribution is 2.47. The molecule has 6 aromatic rings. The molecule has 2 heterocycles. The van der Waals surface area contributed by atoms with E-state index in [-0.39, 0.29) is 5.75 Å². The maximum Gasteiger partial charge on any atom is 0.124 e. The molecule has 0 atom stereocenters. The van der Waals surface area contributed by atoms with E-state index in [9.17, 15) is 5.11 Å². The van der Waals surface area contributed by atoms with E-state index in [1.54, 1.807) is 6.07 Å². The van der Waals surface area contributed by atoms with Gasteiger partial charge < -0.3 is 5.11 Å². The molecule has 0 spiro atoms. The lowest BCUT2D eigenvalue weighted by atomic mass is 9.85. The molecule has 4 aromatic carbocycles. The summed E-state index contributed by atoms with van der Waals surface area (Å²) in [6.45, 7) is 4.00. The maximum absolute atomic E-state index is 11.4. The van der Waals surface area contributed by atoms with Gasteiger partial charge in [0.15, 0.2) is 0 Å². The average molecular weight is 453 g/mol. The Morgan fingerprint density at radius 2 is 1.06 bits per heavy atom. The highest BCUT2D eigenvalue weighted by molar-refractivity contribution is 6.08. The average Bonchev–Trinajstić information content (AvgIpc) is 2.88. The molecule has 3 nitrogen and oxygen atoms in total. The summed E-state index contributed by atoms with van der Waals surface area (Å²) >= 11 is 0. The molecule has 3 heteroatoms. The summed E-state index contributed by atoms with van der Waals surface area (Å²) in [4.78, 5) is 9.81. The summed E-state index contributed by atoms with van der Waals surface area (Å²) in [6, 6.07) is 34.7. The van der Waals surface area contributed by atoms with E-state index in [1.165, 1.54) is 0 Å². The topological polar surface area (TPSA) is 46.0 Å². The quantitative estimate of drug-likeness (QED) is 0.295. The van der Waals surface area contributed by atoms with Crippen LogP contribution in [0.3, 0.4) is 0 Å². The van der Waals surface area contributed by atoms with Crippen molar-refractivity contribution in [2.24, 2.45) is 0 Å². The van der Waals surface area contributed by atoms with Crippen molar-refractivity contribution < 1.29 is 5.11 Å². The van der Waals surface area contributed by atoms with Crippen molar-refractivity contribution in [2.45, 2.75) is 13.8 Å². The Balaban J connectivity index is 1.80. The van der Waals surface area contributed by atoms with Gasteiger partial charge in [-0.1, -0.05) is 84.9 Å². The Morgan fingerprint density at radius 3 is 1.66 bits per heavy atom. The number of hydrogen-bond acceptors (Lipinski definition) is 3. The number of nitrogens with zero attached hydrogens (tertiary/aromatic N) is 2. The number of fused-ring (bicyclic) bond motifs is 2. The molecule has 0 fully saturated rings. The standard InChI is InChI=1S/C32H24N2O/c1-20-14-16-23-10-6-12-26(31(23)33-20)29-25(22-8-4-3-5-9-22)18-19-28(35)30(29)27-13-7-11-24-17-15-21(2)34-32(24)27/h3-19,35H,1-2H3. The highest BCUT2D eigenvalue weighted by Gasteiger charge is 2.22. The van der Waals surface area contributed by atoms with Crippen molar-refractivity contribution >= 4 is 21.8 Å². The largest absolute Gasteiger partial charge is 0.507 e. The summed E-state index contributed by atoms with van der Waals surface area (Å²) in [5.41, 5.74) is 9.42. The minimum Gasteiger partial charge on any atom is -0.507 e. The van der Waals surface area contributed by atoms with E-state index >= 15 is 0 Å². The molecule has 0 bridgehead atoms. The van der Waals surface area contributed by atoms with E-state index in [4.69, 9.17) is 9.97 Å². The molecule has 0 aliphatic heterocycles. The first-order valence-electron chi connectivity index (χ1n) is 11.7. The first kappa shape index (κ1) is 21.1. The predicted octanol–water partition coefficient (Wildman–Crippen LogP) is 8.11. The van der Waals surface area contributed by atoms with Crippen molar-refractivity contribution in [1.29, 1.82) is 0 Å². The predicted molar refractivity (Wildman–Crippen MR) is 144 cm³/mol. The van der Waals surface area contributed by atoms with Crippen LogP contribution in [0, 0.1) is 13.8 Å². The van der Waals surface area contributed by atoms with Gasteiger partial charge in [0.2, 0.25) is 0 Å². The zero-order valence-corrected chi connectivity index (χ0v) is 19.7. The van der Waals surface area contributed by atoms with Crippen molar-refractivity contribution in [3.8, 4) is 39.1 Å². The fourth-order valence-corrected chi connectivity index (χ4v) is 4.90. The number of aryl methyl sites for hydroxylation is 2. The molecule has 2 aromatic heterocycles. The van der Waals surface area contributed by atoms with Crippen molar-refractivity contribution in [1.82, 2.24) is 9.97 Å². The van der Waals surface area contributed by atoms with Crippen LogP contribution >= 0.6 is 0 Å². The van der Waals surface area contributed by atoms with E-state index in [2.05, 4.69) is 48.5 Å². The van der Waals surface area contributed by atoms with Gasteiger partial charge >= 0.3 is 0 Å². The molecule has 0 aliphatic rings. The smallest absolute Gasteiger partial charge is 0.124 e. The Kier molecular flexibility index (Phi) is 5.04. The first-order valence-corrected chi connectivity index (χ1v) is 11.7. The lowest BCUT2D eigenvalue weighted by molar-refractivity contribution is 0.477. The van der Waals surface area contributed by atoms with Crippen LogP contribution in [0.15, 0.2) is 103 Å². The van der Waals surface area contributed by atoms with Gasteiger partial charge in [0.25, 0.3) is 0 Å². The summed E-state index contributed by atoms with van der Waals surface area (Å²) in [5.74, 6) is 0.222. The second-order valence-electron chi connectivity index (χ2n) is 8.91. The minimum absolute atomic E-state index is 0.222. The second kappa shape index (κ2) is 8.37. The zero-order chi connectivity index (χ0) is 23.9. The molecular weight excluding hydrogens is 428 g/mol. The van der Waals surface area contributed by atoms with Gasteiger partial charge in [0.1, 0.15) is 5.75 Å². The fraction of sp³-hybridized carbons (Fsp3) is 0.0625. The molecular formula is C32H24N2O. The highest BCUT2D eigenvalue weighted by atomic mass is 16.3. The maximum atomic E-state index is 11.4. The van der Waals surface area contributed by atoms with Gasteiger partial charge in [-0.3, -0.25) is 9.97 Å². The second-order valence-corrected chi connectivity index (χ2v) is 8.91. The molecule has 6 rings (SSSR count). The number of phenolic OH excluding ortho intramolecular Hbond substituents is 1. The Bertz CT molecular complexity index is 1720. The first-order chi connectivity index (χ1) is 17.1. The van der Waals surface area contributed by atoms with Crippen LogP contribution in [0.5, 0.6) is 5.75 Å². The van der Waals surface area contributed by atoms with E-state index in [0.29, 0.717) is 0 Å². The number of aromatic hydroxyl groups is 1. The monoisotopic (exact) mass is 452 g/mol. The molecule has 0 unspecified atom stereocenters. The van der Waals surface area contributed by atoms with E-state index in [1.807, 2.05) is 62.4 Å². The van der Waals surface area contributed by atoms with Gasteiger partial charge in [0, 0.05) is 44.4 Å². The molecule has 0 radical (unpaired) electrons. The summed E-state index contributed by atoms with van der Waals surface area (Å²) in [5, 5.41) is 13.5. The molecule has 1 N–H and O–H groups in total. The Hall–Kier alpha value is -4.50. The third-order valence-electron chi connectivity index (χ3n) is 6.53. The number of phenols is 1. The van der Waals surface area contributed by atoms with Crippen LogP contribution in [-0.4, -0.2) is 15.1 Å². The summed E-state index contributed by atoms with van der Waals surface area (Å²) in [6.07, 6.45) is 0. The van der Waals surface area contributed by atoms with Gasteiger partial charge in [-0.2, -0.15) is 0 Å². The molecule has 0 saturated heterocycles. The van der Waals surface area contributed by atoms with Gasteiger partial charge in [0.05, 0.1) is 11.0 Å². The number of benzene rings is 4. The molecule has 0 amide bonds. The number of para-hydroxylation sites is 2. The summed E-state index contributed by atoms with van der Waals surface area (Å²) in [7, 11) is 0. The van der Waals surface area contributed by atoms with Crippen LogP contribution in [0.2, 0.25) is 0 Å². The minimum atomic E-state index is 0.222. The van der Waals surface area contributed by atoms with Crippen molar-refractivity contribution in [3.05, 3.63) is 115 Å². The number of hydrogen-bond donors (Lipinski definition) is 1. The molecule has 35 heavy (non-hydrogen) atoms. The van der Waals surface area contributed by atoms with Crippen LogP contribution in [0.4, 0.5) is 0 Å². The van der Waals surface area contributed by atoms with Gasteiger partial charge in [-0.15, -0.1) is 0 Å². The fourth-order valence-electron chi connectivity index (χ4n) is 4.90. The van der Waals surface area contributed by atoms with Crippen LogP contribution in [0.25, 0.3) is 55.2 Å². The van der Waals surface area contributed by atoms with Crippen molar-refractivity contribution in [3.63, 3.8) is 0 Å². The van der Waals surface area contributed by atoms with Crippen molar-refractivity contribution in [2.75, 3.05) is 0 Å². The third kappa shape index (κ3) is 3.62. The van der Waals surface area contributed by atoms with Gasteiger partial charge in [-0.05, 0) is 43.2 Å². The number of aromatic nitrogens is 2. The SMILES string of the molecule is Cc1ccc2cccc(-c3c(O)ccc(-c4ccccc4)c3-c3cccc4ccc(C)nc34)c2n1. The number of rotatable bonds is 3. The Labute approximate surface area is 204 Å². The molecule has 0 aliphatic carbocycles. The Morgan fingerprint density at radius 1 is 0.486 bits per heavy atom. The van der Waals surface area contributed by atoms with E-state index < -0.39 is 0 Å². The van der Waals surface area contributed by atoms with Gasteiger partial charge in [-0.25, -0.2) is 0 Å². The summed E-state index contributed by atoms with van der Waals surface area (Å²) < 4.78 is 0. The molecule has 168 valence electrons. The van der Waals surface area contributed by atoms with Crippen LogP contribution < -0.4 is 0 Å². The zero-order valence-electron chi connectivity index (χ0n) is 19.7. The number of pyridine rings is 2. The normalized spacial score (nSPS) is 11.3.